The molecule has 0 radical (unpaired) electrons. The summed E-state index contributed by atoms with van der Waals surface area (Å²) in [4.78, 5) is 8.39. The Hall–Kier alpha value is -0.890. The zero-order chi connectivity index (χ0) is 7.84. The molecule has 2 heterocycles. The molecule has 2 nitrogen and oxygen atoms in total. The molecule has 2 rings (SSSR count). The number of nitrogens with zero attached hydrogens (tertiary/aromatic N) is 2. The second-order valence-electron chi connectivity index (χ2n) is 2.54. The summed E-state index contributed by atoms with van der Waals surface area (Å²) >= 11 is 5.76. The maximum Gasteiger partial charge on any atom is 0.130 e. The third kappa shape index (κ3) is 1.03. The Morgan fingerprint density at radius 1 is 1.55 bits per heavy atom. The van der Waals surface area contributed by atoms with Crippen molar-refractivity contribution < 1.29 is 0 Å². The van der Waals surface area contributed by atoms with Crippen molar-refractivity contribution in [1.29, 1.82) is 0 Å². The van der Waals surface area contributed by atoms with Gasteiger partial charge in [0.25, 0.3) is 0 Å². The van der Waals surface area contributed by atoms with Crippen LogP contribution in [-0.2, 0) is 0 Å². The van der Waals surface area contributed by atoms with Crippen molar-refractivity contribution in [3.8, 4) is 0 Å². The highest BCUT2D eigenvalue weighted by atomic mass is 35.5. The number of hydrogen-bond acceptors (Lipinski definition) is 2. The van der Waals surface area contributed by atoms with Gasteiger partial charge >= 0.3 is 0 Å². The highest BCUT2D eigenvalue weighted by molar-refractivity contribution is 6.29. The van der Waals surface area contributed by atoms with Gasteiger partial charge in [-0.2, -0.15) is 0 Å². The molecule has 0 amide bonds. The zero-order valence-corrected chi connectivity index (χ0v) is 6.89. The Morgan fingerprint density at radius 3 is 3.18 bits per heavy atom. The Morgan fingerprint density at radius 2 is 2.36 bits per heavy atom. The van der Waals surface area contributed by atoms with Crippen LogP contribution in [0.5, 0.6) is 0 Å². The highest BCUT2D eigenvalue weighted by Gasteiger charge is 2.00. The largest absolute Gasteiger partial charge is 0.279 e. The molecule has 1 aliphatic rings. The average Bonchev–Trinajstić information content (AvgIpc) is 2.34. The standard InChI is InChI=1S/C8H7ClN2/c1-5-4-7(9)11-6-2-3-10-8(5)6/h2,4H,3H2,1H3. The zero-order valence-electron chi connectivity index (χ0n) is 6.13. The predicted octanol–water partition coefficient (Wildman–Crippen LogP) is 0.457. The second-order valence-corrected chi connectivity index (χ2v) is 2.93. The van der Waals surface area contributed by atoms with E-state index in [0.717, 1.165) is 22.8 Å². The van der Waals surface area contributed by atoms with Crippen LogP contribution in [-0.4, -0.2) is 11.5 Å². The third-order valence-electron chi connectivity index (χ3n) is 1.71. The van der Waals surface area contributed by atoms with Gasteiger partial charge in [-0.3, -0.25) is 4.99 Å². The Bertz CT molecular complexity index is 409. The van der Waals surface area contributed by atoms with Crippen LogP contribution in [0.2, 0.25) is 5.15 Å². The fourth-order valence-electron chi connectivity index (χ4n) is 1.22. The summed E-state index contributed by atoms with van der Waals surface area (Å²) in [5.74, 6) is 0. The second kappa shape index (κ2) is 2.31. The first kappa shape index (κ1) is 6.80. The quantitative estimate of drug-likeness (QED) is 0.514. The third-order valence-corrected chi connectivity index (χ3v) is 1.91. The first-order valence-corrected chi connectivity index (χ1v) is 3.83. The lowest BCUT2D eigenvalue weighted by atomic mass is 10.3. The van der Waals surface area contributed by atoms with E-state index in [1.54, 1.807) is 0 Å². The SMILES string of the molecule is Cc1cc(Cl)nc2c1=NCC=2. The van der Waals surface area contributed by atoms with Crippen LogP contribution in [0.25, 0.3) is 6.08 Å². The van der Waals surface area contributed by atoms with Crippen molar-refractivity contribution in [1.82, 2.24) is 4.98 Å². The topological polar surface area (TPSA) is 25.2 Å². The van der Waals surface area contributed by atoms with Gasteiger partial charge in [0, 0.05) is 0 Å². The van der Waals surface area contributed by atoms with E-state index in [-0.39, 0.29) is 0 Å². The predicted molar refractivity (Wildman–Crippen MR) is 44.1 cm³/mol. The molecule has 11 heavy (non-hydrogen) atoms. The van der Waals surface area contributed by atoms with Gasteiger partial charge in [-0.25, -0.2) is 4.98 Å². The number of hydrogen-bond donors (Lipinski definition) is 0. The van der Waals surface area contributed by atoms with Gasteiger partial charge in [-0.05, 0) is 24.6 Å². The number of aryl methyl sites for hydroxylation is 1. The fraction of sp³-hybridized carbons (Fsp3) is 0.250. The van der Waals surface area contributed by atoms with Gasteiger partial charge < -0.3 is 0 Å². The molecule has 0 aliphatic carbocycles. The summed E-state index contributed by atoms with van der Waals surface area (Å²) in [6.07, 6.45) is 1.98. The number of rotatable bonds is 0. The summed E-state index contributed by atoms with van der Waals surface area (Å²) in [5.41, 5.74) is 1.11. The van der Waals surface area contributed by atoms with E-state index in [0.29, 0.717) is 5.15 Å². The number of halogens is 1. The minimum absolute atomic E-state index is 0.551. The van der Waals surface area contributed by atoms with Crippen LogP contribution in [0.3, 0.4) is 0 Å². The van der Waals surface area contributed by atoms with Crippen molar-refractivity contribution in [2.75, 3.05) is 6.54 Å². The molecule has 56 valence electrons. The first-order valence-electron chi connectivity index (χ1n) is 3.45. The molecule has 0 saturated carbocycles. The molecule has 1 aromatic heterocycles. The van der Waals surface area contributed by atoms with E-state index in [1.807, 2.05) is 19.1 Å². The molecule has 0 saturated heterocycles. The summed E-state index contributed by atoms with van der Waals surface area (Å²) in [6, 6.07) is 1.84. The Kier molecular flexibility index (Phi) is 1.43. The van der Waals surface area contributed by atoms with Crippen molar-refractivity contribution in [3.05, 3.63) is 27.5 Å². The first-order chi connectivity index (χ1) is 5.27. The maximum absolute atomic E-state index is 5.76. The molecule has 0 spiro atoms. The Labute approximate surface area is 69.2 Å². The van der Waals surface area contributed by atoms with Crippen molar-refractivity contribution in [3.63, 3.8) is 0 Å². The monoisotopic (exact) mass is 166 g/mol. The van der Waals surface area contributed by atoms with E-state index in [4.69, 9.17) is 11.6 Å². The van der Waals surface area contributed by atoms with E-state index < -0.39 is 0 Å². The molecular weight excluding hydrogens is 160 g/mol. The van der Waals surface area contributed by atoms with Crippen LogP contribution in [0.15, 0.2) is 11.1 Å². The molecule has 1 aromatic rings. The van der Waals surface area contributed by atoms with Gasteiger partial charge in [0.05, 0.1) is 17.3 Å². The molecular formula is C8H7ClN2. The van der Waals surface area contributed by atoms with Crippen LogP contribution in [0, 0.1) is 6.92 Å². The number of aromatic nitrogens is 1. The van der Waals surface area contributed by atoms with Crippen LogP contribution in [0.4, 0.5) is 0 Å². The van der Waals surface area contributed by atoms with E-state index in [9.17, 15) is 0 Å². The average molecular weight is 167 g/mol. The summed E-state index contributed by atoms with van der Waals surface area (Å²) < 4.78 is 0. The molecule has 3 heteroatoms. The molecule has 0 bridgehead atoms. The smallest absolute Gasteiger partial charge is 0.130 e. The van der Waals surface area contributed by atoms with Crippen LogP contribution >= 0.6 is 11.6 Å². The molecule has 0 fully saturated rings. The molecule has 0 unspecified atom stereocenters. The fourth-order valence-corrected chi connectivity index (χ4v) is 1.48. The summed E-state index contributed by atoms with van der Waals surface area (Å²) in [6.45, 7) is 2.73. The summed E-state index contributed by atoms with van der Waals surface area (Å²) in [7, 11) is 0. The van der Waals surface area contributed by atoms with Crippen molar-refractivity contribution in [2.45, 2.75) is 6.92 Å². The van der Waals surface area contributed by atoms with Gasteiger partial charge in [0.15, 0.2) is 0 Å². The van der Waals surface area contributed by atoms with Crippen molar-refractivity contribution >= 4 is 17.7 Å². The van der Waals surface area contributed by atoms with Crippen molar-refractivity contribution in [2.24, 2.45) is 4.99 Å². The minimum atomic E-state index is 0.551. The molecule has 0 atom stereocenters. The minimum Gasteiger partial charge on any atom is -0.279 e. The maximum atomic E-state index is 5.76. The molecule has 1 aliphatic heterocycles. The summed E-state index contributed by atoms with van der Waals surface area (Å²) in [5, 5.41) is 2.47. The van der Waals surface area contributed by atoms with Gasteiger partial charge in [-0.1, -0.05) is 11.6 Å². The lowest BCUT2D eigenvalue weighted by Gasteiger charge is -1.91. The normalized spacial score (nSPS) is 13.6. The van der Waals surface area contributed by atoms with Gasteiger partial charge in [0.1, 0.15) is 5.15 Å². The highest BCUT2D eigenvalue weighted by Crippen LogP contribution is 2.00. The lowest BCUT2D eigenvalue weighted by Crippen LogP contribution is -2.27. The molecule has 0 aromatic carbocycles. The lowest BCUT2D eigenvalue weighted by molar-refractivity contribution is 1.13. The number of fused-ring (bicyclic) bond motifs is 1. The molecule has 0 N–H and O–H groups in total. The van der Waals surface area contributed by atoms with Crippen LogP contribution in [0.1, 0.15) is 5.56 Å². The van der Waals surface area contributed by atoms with Crippen LogP contribution < -0.4 is 10.7 Å². The number of pyridine rings is 1. The Balaban J connectivity index is 2.93. The van der Waals surface area contributed by atoms with E-state index >= 15 is 0 Å². The van der Waals surface area contributed by atoms with E-state index in [1.165, 1.54) is 0 Å². The van der Waals surface area contributed by atoms with E-state index in [2.05, 4.69) is 9.98 Å². The van der Waals surface area contributed by atoms with Gasteiger partial charge in [0.2, 0.25) is 0 Å². The van der Waals surface area contributed by atoms with Gasteiger partial charge in [-0.15, -0.1) is 0 Å².